The summed E-state index contributed by atoms with van der Waals surface area (Å²) in [7, 11) is 0. The smallest absolute Gasteiger partial charge is 0.237 e. The van der Waals surface area contributed by atoms with Crippen LogP contribution in [-0.4, -0.2) is 4.57 Å². The minimum atomic E-state index is 0.644. The topological polar surface area (TPSA) is 8.81 Å². The van der Waals surface area contributed by atoms with E-state index in [1.54, 1.807) is 0 Å². The van der Waals surface area contributed by atoms with Gasteiger partial charge in [-0.25, -0.2) is 9.13 Å². The second-order valence-corrected chi connectivity index (χ2v) is 8.33. The summed E-state index contributed by atoms with van der Waals surface area (Å²) in [6.45, 7) is 8.08. The maximum Gasteiger partial charge on any atom is 0.243 e. The molecule has 152 valence electrons. The van der Waals surface area contributed by atoms with Crippen molar-refractivity contribution in [3.63, 3.8) is 0 Å². The number of rotatable bonds is 18. The molecule has 0 spiro atoms. The van der Waals surface area contributed by atoms with Crippen molar-refractivity contribution in [1.82, 2.24) is 4.57 Å². The molecule has 1 heterocycles. The van der Waals surface area contributed by atoms with Crippen LogP contribution in [0.25, 0.3) is 0 Å². The summed E-state index contributed by atoms with van der Waals surface area (Å²) in [4.78, 5) is 0. The van der Waals surface area contributed by atoms with Gasteiger partial charge in [-0.1, -0.05) is 97.3 Å². The molecule has 0 saturated heterocycles. The lowest BCUT2D eigenvalue weighted by Gasteiger charge is -2.08. The molecular formula is C24H47N2+. The molecule has 0 aliphatic rings. The largest absolute Gasteiger partial charge is 0.243 e. The molecule has 1 rings (SSSR count). The van der Waals surface area contributed by atoms with E-state index in [0.29, 0.717) is 6.04 Å². The van der Waals surface area contributed by atoms with Crippen LogP contribution in [0.3, 0.4) is 0 Å². The van der Waals surface area contributed by atoms with E-state index in [1.807, 2.05) is 0 Å². The van der Waals surface area contributed by atoms with Gasteiger partial charge in [0.1, 0.15) is 12.4 Å². The fourth-order valence-corrected chi connectivity index (χ4v) is 3.75. The third-order valence-electron chi connectivity index (χ3n) is 5.72. The Morgan fingerprint density at radius 1 is 0.692 bits per heavy atom. The molecule has 0 fully saturated rings. The van der Waals surface area contributed by atoms with Crippen molar-refractivity contribution >= 4 is 0 Å². The lowest BCUT2D eigenvalue weighted by Crippen LogP contribution is -2.30. The zero-order chi connectivity index (χ0) is 18.9. The normalized spacial score (nSPS) is 12.6. The van der Waals surface area contributed by atoms with Crippen molar-refractivity contribution in [3.05, 3.63) is 18.7 Å². The highest BCUT2D eigenvalue weighted by Gasteiger charge is 2.11. The van der Waals surface area contributed by atoms with Crippen LogP contribution in [0.15, 0.2) is 18.7 Å². The van der Waals surface area contributed by atoms with Gasteiger partial charge in [-0.15, -0.1) is 0 Å². The van der Waals surface area contributed by atoms with Crippen LogP contribution < -0.4 is 4.57 Å². The zero-order valence-electron chi connectivity index (χ0n) is 18.2. The number of unbranched alkanes of at least 4 members (excludes halogenated alkanes) is 13. The monoisotopic (exact) mass is 363 g/mol. The summed E-state index contributed by atoms with van der Waals surface area (Å²) < 4.78 is 4.74. The third-order valence-corrected chi connectivity index (χ3v) is 5.72. The maximum absolute atomic E-state index is 2.40. The van der Waals surface area contributed by atoms with Crippen LogP contribution in [0.4, 0.5) is 0 Å². The van der Waals surface area contributed by atoms with E-state index >= 15 is 0 Å². The fraction of sp³-hybridized carbons (Fsp3) is 0.875. The minimum Gasteiger partial charge on any atom is -0.237 e. The number of aryl methyl sites for hydroxylation is 1. The Balaban J connectivity index is 1.90. The van der Waals surface area contributed by atoms with E-state index in [4.69, 9.17) is 0 Å². The standard InChI is InChI=1S/C24H47N2/c1-4-6-8-9-10-11-12-13-14-15-16-17-18-19-24(3)26-22-21-25(23-26)20-7-5-2/h21-24H,4-20H2,1-3H3/q+1. The molecular weight excluding hydrogens is 316 g/mol. The summed E-state index contributed by atoms with van der Waals surface area (Å²) in [6, 6.07) is 0.644. The van der Waals surface area contributed by atoms with E-state index in [0.717, 1.165) is 6.54 Å². The van der Waals surface area contributed by atoms with Gasteiger partial charge in [-0.05, 0) is 26.2 Å². The molecule has 0 amide bonds. The quantitative estimate of drug-likeness (QED) is 0.187. The minimum absolute atomic E-state index is 0.644. The highest BCUT2D eigenvalue weighted by Crippen LogP contribution is 2.17. The van der Waals surface area contributed by atoms with Gasteiger partial charge in [-0.2, -0.15) is 0 Å². The van der Waals surface area contributed by atoms with Crippen molar-refractivity contribution in [2.75, 3.05) is 0 Å². The Hall–Kier alpha value is -0.790. The second-order valence-electron chi connectivity index (χ2n) is 8.33. The van der Waals surface area contributed by atoms with E-state index in [-0.39, 0.29) is 0 Å². The van der Waals surface area contributed by atoms with E-state index < -0.39 is 0 Å². The number of aromatic nitrogens is 2. The summed E-state index contributed by atoms with van der Waals surface area (Å²) in [5, 5.41) is 0. The average Bonchev–Trinajstić information content (AvgIpc) is 3.12. The molecule has 1 aromatic heterocycles. The van der Waals surface area contributed by atoms with Crippen LogP contribution in [0, 0.1) is 0 Å². The third kappa shape index (κ3) is 11.8. The van der Waals surface area contributed by atoms with Gasteiger partial charge in [0.25, 0.3) is 0 Å². The van der Waals surface area contributed by atoms with Gasteiger partial charge in [0.2, 0.25) is 6.33 Å². The summed E-state index contributed by atoms with van der Waals surface area (Å²) in [5.74, 6) is 0. The van der Waals surface area contributed by atoms with Gasteiger partial charge in [0.05, 0.1) is 12.6 Å². The number of hydrogen-bond donors (Lipinski definition) is 0. The van der Waals surface area contributed by atoms with E-state index in [9.17, 15) is 0 Å². The molecule has 0 bridgehead atoms. The van der Waals surface area contributed by atoms with E-state index in [2.05, 4.69) is 48.6 Å². The number of imidazole rings is 1. The van der Waals surface area contributed by atoms with E-state index in [1.165, 1.54) is 103 Å². The van der Waals surface area contributed by atoms with Crippen molar-refractivity contribution in [2.24, 2.45) is 0 Å². The highest BCUT2D eigenvalue weighted by molar-refractivity contribution is 4.72. The average molecular weight is 364 g/mol. The van der Waals surface area contributed by atoms with Gasteiger partial charge in [-0.3, -0.25) is 0 Å². The Morgan fingerprint density at radius 2 is 1.19 bits per heavy atom. The van der Waals surface area contributed by atoms with Crippen LogP contribution >= 0.6 is 0 Å². The number of hydrogen-bond acceptors (Lipinski definition) is 0. The first-order valence-corrected chi connectivity index (χ1v) is 11.8. The fourth-order valence-electron chi connectivity index (χ4n) is 3.75. The van der Waals surface area contributed by atoms with Crippen molar-refractivity contribution in [1.29, 1.82) is 0 Å². The molecule has 26 heavy (non-hydrogen) atoms. The Labute approximate surface area is 164 Å². The molecule has 0 aliphatic carbocycles. The van der Waals surface area contributed by atoms with Gasteiger partial charge >= 0.3 is 0 Å². The molecule has 0 aliphatic heterocycles. The van der Waals surface area contributed by atoms with Crippen LogP contribution in [0.5, 0.6) is 0 Å². The van der Waals surface area contributed by atoms with Crippen molar-refractivity contribution in [2.45, 2.75) is 136 Å². The molecule has 0 radical (unpaired) electrons. The van der Waals surface area contributed by atoms with Crippen LogP contribution in [0.2, 0.25) is 0 Å². The number of nitrogens with zero attached hydrogens (tertiary/aromatic N) is 2. The lowest BCUT2D eigenvalue weighted by atomic mass is 10.0. The Morgan fingerprint density at radius 3 is 1.73 bits per heavy atom. The molecule has 2 heteroatoms. The zero-order valence-corrected chi connectivity index (χ0v) is 18.2. The predicted molar refractivity (Wildman–Crippen MR) is 115 cm³/mol. The summed E-state index contributed by atoms with van der Waals surface area (Å²) in [6.07, 6.45) is 29.4. The van der Waals surface area contributed by atoms with Crippen molar-refractivity contribution in [3.8, 4) is 0 Å². The molecule has 0 aromatic carbocycles. The van der Waals surface area contributed by atoms with Gasteiger partial charge < -0.3 is 0 Å². The molecule has 0 saturated carbocycles. The summed E-state index contributed by atoms with van der Waals surface area (Å²) >= 11 is 0. The predicted octanol–water partition coefficient (Wildman–Crippen LogP) is 7.62. The highest BCUT2D eigenvalue weighted by atomic mass is 15.1. The lowest BCUT2D eigenvalue weighted by molar-refractivity contribution is -0.697. The molecule has 2 nitrogen and oxygen atoms in total. The van der Waals surface area contributed by atoms with Gasteiger partial charge in [0.15, 0.2) is 0 Å². The SMILES string of the molecule is CCCCCCCCCCCCCCCC(C)n1cc[n+](CCCC)c1. The molecule has 0 N–H and O–H groups in total. The Kier molecular flexibility index (Phi) is 14.7. The summed E-state index contributed by atoms with van der Waals surface area (Å²) in [5.41, 5.74) is 0. The second kappa shape index (κ2) is 16.4. The molecule has 1 atom stereocenters. The van der Waals surface area contributed by atoms with Gasteiger partial charge in [0, 0.05) is 0 Å². The Bertz CT molecular complexity index is 410. The maximum atomic E-state index is 2.40. The first-order chi connectivity index (χ1) is 12.8. The van der Waals surface area contributed by atoms with Crippen molar-refractivity contribution < 1.29 is 4.57 Å². The first-order valence-electron chi connectivity index (χ1n) is 11.8. The van der Waals surface area contributed by atoms with Crippen LogP contribution in [0.1, 0.15) is 130 Å². The first kappa shape index (κ1) is 23.2. The van der Waals surface area contributed by atoms with Crippen LogP contribution in [-0.2, 0) is 6.54 Å². The molecule has 1 unspecified atom stereocenters. The molecule has 1 aromatic rings.